The first-order chi connectivity index (χ1) is 66.0. The molecule has 12 aliphatic carbocycles. The van der Waals surface area contributed by atoms with E-state index in [0.717, 1.165) is 13.8 Å². The molecule has 142 heavy (non-hydrogen) atoms. The molecule has 12 aliphatic rings. The lowest BCUT2D eigenvalue weighted by molar-refractivity contribution is -0.183. The fraction of sp³-hybridized carbons (Fsp3) is 0.459. The number of ketones is 9. The lowest BCUT2D eigenvalue weighted by atomic mass is 9.56. The van der Waals surface area contributed by atoms with Crippen LogP contribution in [0.2, 0.25) is 0 Å². The fourth-order valence-corrected chi connectivity index (χ4v) is 23.7. The van der Waals surface area contributed by atoms with E-state index >= 15 is 0 Å². The number of methoxy groups -OCH3 is 1. The molecular weight excluding hydrogens is 1860 g/mol. The highest BCUT2D eigenvalue weighted by Crippen LogP contribution is 2.61. The van der Waals surface area contributed by atoms with Gasteiger partial charge in [-0.1, -0.05) is 0 Å². The molecule has 4 aromatic carbocycles. The number of aromatic hydroxyl groups is 4. The van der Waals surface area contributed by atoms with E-state index in [1.165, 1.54) is 93.3 Å². The van der Waals surface area contributed by atoms with E-state index in [-0.39, 0.29) is 88.7 Å². The maximum atomic E-state index is 14.0. The highest BCUT2D eigenvalue weighted by molar-refractivity contribution is 6.28. The maximum absolute atomic E-state index is 14.0. The summed E-state index contributed by atoms with van der Waals surface area (Å²) in [5.41, 5.74) is 4.60. The van der Waals surface area contributed by atoms with Gasteiger partial charge in [-0.3, -0.25) is 81.9 Å². The van der Waals surface area contributed by atoms with Crippen molar-refractivity contribution in [1.29, 1.82) is 0 Å². The van der Waals surface area contributed by atoms with Gasteiger partial charge in [0.05, 0.1) is 88.4 Å². The van der Waals surface area contributed by atoms with Crippen molar-refractivity contribution in [2.45, 2.75) is 117 Å². The number of nitrogens with two attached hydrogens (primary N) is 3. The molecule has 44 nitrogen and oxygen atoms in total. The van der Waals surface area contributed by atoms with Crippen LogP contribution in [-0.4, -0.2) is 380 Å². The third kappa shape index (κ3) is 15.3. The number of anilines is 4. The summed E-state index contributed by atoms with van der Waals surface area (Å²) in [4.78, 5) is 182. The zero-order valence-electron chi connectivity index (χ0n) is 81.3. The first-order valence-electron chi connectivity index (χ1n) is 44.9. The number of fused-ring (bicyclic) bond motifs is 12. The monoisotopic (exact) mass is 1980 g/mol. The van der Waals surface area contributed by atoms with E-state index in [4.69, 9.17) is 31.4 Å². The van der Waals surface area contributed by atoms with Crippen LogP contribution in [0, 0.1) is 47.3 Å². The Morgan fingerprint density at radius 3 is 0.838 bits per heavy atom. The van der Waals surface area contributed by atoms with Crippen molar-refractivity contribution >= 4 is 122 Å². The zero-order chi connectivity index (χ0) is 106. The van der Waals surface area contributed by atoms with Gasteiger partial charge in [0.2, 0.25) is 23.1 Å². The third-order valence-electron chi connectivity index (χ3n) is 29.5. The van der Waals surface area contributed by atoms with E-state index < -0.39 is 274 Å². The number of carbonyl (C=O) groups excluding carboxylic acids is 13. The van der Waals surface area contributed by atoms with Gasteiger partial charge >= 0.3 is 5.97 Å². The number of aliphatic hydroxyl groups is 13. The first-order valence-corrected chi connectivity index (χ1v) is 44.9. The number of hydrogen-bond donors (Lipinski definition) is 20. The van der Waals surface area contributed by atoms with Crippen LogP contribution >= 0.6 is 0 Å². The molecule has 4 aromatic rings. The minimum Gasteiger partial charge on any atom is -0.508 e. The van der Waals surface area contributed by atoms with Crippen LogP contribution < -0.4 is 36.8 Å². The lowest BCUT2D eigenvalue weighted by Crippen LogP contribution is -2.70. The molecular formula is C98H117N11O33. The average molecular weight is 1980 g/mol. The van der Waals surface area contributed by atoms with Gasteiger partial charge in [-0.25, -0.2) is 0 Å². The number of nitrogens with zero attached hydrogens (tertiary/aromatic N) is 8. The van der Waals surface area contributed by atoms with Crippen LogP contribution in [0.25, 0.3) is 23.0 Å². The van der Waals surface area contributed by atoms with E-state index in [2.05, 4.69) is 0 Å². The molecule has 20 atom stereocenters. The summed E-state index contributed by atoms with van der Waals surface area (Å²) < 4.78 is 17.4. The Morgan fingerprint density at radius 2 is 0.585 bits per heavy atom. The Hall–Kier alpha value is -13.9. The minimum atomic E-state index is -2.95. The number of aliphatic hydroxyl groups excluding tert-OH is 9. The number of Topliss-reactive ketones (excluding diaryl/α,β-unsaturated/α-hetero) is 9. The maximum Gasteiger partial charge on any atom is 0.302 e. The Bertz CT molecular complexity index is 6490. The molecule has 0 heterocycles. The van der Waals surface area contributed by atoms with Crippen molar-refractivity contribution in [3.63, 3.8) is 0 Å². The molecule has 4 fully saturated rings. The Morgan fingerprint density at radius 1 is 0.352 bits per heavy atom. The van der Waals surface area contributed by atoms with Gasteiger partial charge in [-0.15, -0.1) is 0 Å². The summed E-state index contributed by atoms with van der Waals surface area (Å²) >= 11 is 0. The highest BCUT2D eigenvalue weighted by atomic mass is 16.5. The number of likely N-dealkylation sites (N-methyl/N-ethyl adjacent to an activating group) is 4. The van der Waals surface area contributed by atoms with Gasteiger partial charge in [0.15, 0.2) is 51.3 Å². The number of esters is 1. The molecule has 0 bridgehead atoms. The van der Waals surface area contributed by atoms with Crippen LogP contribution in [0.15, 0.2) is 116 Å². The van der Waals surface area contributed by atoms with E-state index in [9.17, 15) is 149 Å². The Kier molecular flexibility index (Phi) is 27.6. The second-order valence-corrected chi connectivity index (χ2v) is 39.0. The second kappa shape index (κ2) is 37.2. The predicted octanol–water partition coefficient (Wildman–Crippen LogP) is -0.624. The summed E-state index contributed by atoms with van der Waals surface area (Å²) in [5.74, 6) is -31.3. The van der Waals surface area contributed by atoms with Gasteiger partial charge in [0, 0.05) is 146 Å². The van der Waals surface area contributed by atoms with Crippen LogP contribution in [0.4, 0.5) is 22.7 Å². The highest BCUT2D eigenvalue weighted by Gasteiger charge is 2.74. The molecule has 4 saturated carbocycles. The molecule has 0 saturated heterocycles. The average Bonchev–Trinajstić information content (AvgIpc) is 0.681. The molecule has 0 radical (unpaired) electrons. The van der Waals surface area contributed by atoms with E-state index in [0.29, 0.717) is 45.0 Å². The van der Waals surface area contributed by atoms with Crippen LogP contribution in [-0.2, 0) is 102 Å². The molecule has 44 heteroatoms. The number of ether oxygens (including phenoxy) is 3. The number of carbonyl (C=O) groups is 13. The van der Waals surface area contributed by atoms with Gasteiger partial charge in [0.1, 0.15) is 97.5 Å². The molecule has 3 amide bonds. The molecule has 16 rings (SSSR count). The Balaban J connectivity index is 0.000000159. The summed E-state index contributed by atoms with van der Waals surface area (Å²) in [5, 5.41) is 190. The summed E-state index contributed by atoms with van der Waals surface area (Å²) in [7, 11) is 27.6. The normalized spacial score (nSPS) is 30.0. The summed E-state index contributed by atoms with van der Waals surface area (Å²) in [6, 6.07) is 6.91. The second-order valence-electron chi connectivity index (χ2n) is 39.0. The number of amides is 3. The molecule has 762 valence electrons. The standard InChI is InChI=1S/C26H32N2O8.C25H29N3O9.C24H29N3O8.C23H27N3O8/c1-7-36-23-13-10-12-14(27(3)4)8-9-15(30)17(12)21(31)18(13)25(34)26(35)19(23)20(28(5)6)22(32)16(11(2)29)24(26)33;1-9(29)37-21-11-8-10-12(27(2)3)6-7-13(30)14(10)19(31)15(11)22(33)25(36)17(21)18(28(4)5)20(32)16(23(25)34)24(26)35;1-26(2)11-6-7-12(28)13-9(11)8-10-14(18(13)29)21(31)24(34)16(20(10)35-5)17(27(3)4)19(30)15(22(24)32)23(25)33;1-25(2)10-5-6-11(27)12-8(10)7-9-13(18(12)29)20(31)23(34)15(17(9)28)16(26(3)4)19(30)14(21(23)32)22(24)33/h8-9,13,19-20,23,30-31,33,35H,7,10H2,1-6H3;6-7,11,17-18,21,30-31,34,36H,8H2,1-5H3,(H2,26,35);6-7,10,16-17,20,28-29,32,34H,8H2,1-5H3,(H2,25,33);5-6,9,15-17,27-29,32,34H,7H2,1-4H3,(H2,24,33)/t13-,19-,20+,23+,26-;11-,17-,18+,21+,25+;10-,16-,17+,20+,24+;9-,15-,16+,17+,23+/m1111/s1. The van der Waals surface area contributed by atoms with Crippen molar-refractivity contribution in [1.82, 2.24) is 19.6 Å². The van der Waals surface area contributed by atoms with Crippen LogP contribution in [0.1, 0.15) is 65.3 Å². The van der Waals surface area contributed by atoms with Crippen molar-refractivity contribution in [3.8, 4) is 23.0 Å². The van der Waals surface area contributed by atoms with Crippen molar-refractivity contribution in [3.05, 3.63) is 161 Å². The predicted molar refractivity (Wildman–Crippen MR) is 505 cm³/mol. The van der Waals surface area contributed by atoms with Crippen LogP contribution in [0.3, 0.4) is 0 Å². The first kappa shape index (κ1) is 105. The topological polar surface area (TPSA) is 697 Å². The third-order valence-corrected chi connectivity index (χ3v) is 29.5. The molecule has 0 spiro atoms. The van der Waals surface area contributed by atoms with Crippen molar-refractivity contribution in [2.24, 2.45) is 64.5 Å². The largest absolute Gasteiger partial charge is 0.508 e. The molecule has 0 aliphatic heterocycles. The van der Waals surface area contributed by atoms with E-state index in [1.807, 2.05) is 19.0 Å². The number of hydrogen-bond acceptors (Lipinski definition) is 41. The van der Waals surface area contributed by atoms with E-state index in [1.54, 1.807) is 102 Å². The van der Waals surface area contributed by atoms with Gasteiger partial charge in [0.25, 0.3) is 17.7 Å². The van der Waals surface area contributed by atoms with Crippen LogP contribution in [0.5, 0.6) is 23.0 Å². The van der Waals surface area contributed by atoms with Gasteiger partial charge < -0.3 is 138 Å². The number of benzene rings is 4. The summed E-state index contributed by atoms with van der Waals surface area (Å²) in [6.45, 7) is 4.05. The molecule has 23 N–H and O–H groups in total. The number of phenols is 4. The number of rotatable bonds is 16. The summed E-state index contributed by atoms with van der Waals surface area (Å²) in [6.07, 6.45) is -4.77. The van der Waals surface area contributed by atoms with Gasteiger partial charge in [-0.2, -0.15) is 0 Å². The quantitative estimate of drug-likeness (QED) is 0.0491. The van der Waals surface area contributed by atoms with Gasteiger partial charge in [-0.05, 0) is 167 Å². The SMILES string of the molecule is CC(=O)O[C@@H]1[C@H]2[C@H](N(C)C)C(=O)C(C(N)=O)=C(O)[C@@]2(O)C(=O)C2=C(O)c3c(O)ccc(N(C)C)c3C[C@H]21.CCO[C@@H]1[C@H]2[C@H](N(C)C)C(=O)C(C(C)=O)=C(O)[C@@]2(O)C(=O)C2=C(O)c3c(O)ccc(N(C)C)c3C[C@H]21.CN(C)c1ccc(O)c2c1C[C@@H]1C(=C2O)C(=O)[C@]2(O)C(O)=C(C(N)=O)C(=O)[C@@H](N(C)C)[C@@H]2[C@H]1O.CO[C@@H]1[C@H]2[C@H](N(C)C)C(=O)C(C(N)=O)=C(O)[C@@]2(O)C(=O)C2=C(O)c3c(O)ccc(N(C)C)c3C[C@H]21. The fourth-order valence-electron chi connectivity index (χ4n) is 23.7. The zero-order valence-corrected chi connectivity index (χ0v) is 81.3. The van der Waals surface area contributed by atoms with Crippen molar-refractivity contribution < 1.29 is 163 Å². The minimum absolute atomic E-state index is 0.00236. The number of primary amides is 3. The Labute approximate surface area is 812 Å². The van der Waals surface area contributed by atoms with Crippen molar-refractivity contribution in [2.75, 3.05) is 146 Å². The smallest absolute Gasteiger partial charge is 0.302 e. The molecule has 0 aromatic heterocycles. The lowest BCUT2D eigenvalue weighted by Gasteiger charge is -2.54. The molecule has 0 unspecified atom stereocenters. The number of phenolic OH excluding ortho intramolecular Hbond substituents is 4.